The number of nitrogens with one attached hydrogen (secondary N) is 1. The summed E-state index contributed by atoms with van der Waals surface area (Å²) in [6, 6.07) is 16.0. The first-order valence-electron chi connectivity index (χ1n) is 9.22. The minimum atomic E-state index is -0.279. The first-order valence-corrected chi connectivity index (χ1v) is 10.1. The molecule has 6 nitrogen and oxygen atoms in total. The quantitative estimate of drug-likeness (QED) is 0.836. The van der Waals surface area contributed by atoms with Crippen LogP contribution in [0.2, 0.25) is 0 Å². The number of carbonyl (C=O) groups is 1. The van der Waals surface area contributed by atoms with E-state index in [0.29, 0.717) is 6.54 Å². The molecule has 2 aliphatic heterocycles. The Hall–Kier alpha value is -2.80. The SMILES string of the molecule is COc1ccc(CNC(=O)[C@@H](C)SC2=Nc3ccccc3[C@H]3CC=NN23)cc1. The third kappa shape index (κ3) is 3.75. The second kappa shape index (κ2) is 8.06. The van der Waals surface area contributed by atoms with Gasteiger partial charge in [0.1, 0.15) is 5.75 Å². The Labute approximate surface area is 168 Å². The van der Waals surface area contributed by atoms with Crippen LogP contribution in [0, 0.1) is 0 Å². The maximum Gasteiger partial charge on any atom is 0.233 e. The molecule has 1 amide bonds. The molecule has 2 aliphatic rings. The van der Waals surface area contributed by atoms with Crippen molar-refractivity contribution in [1.82, 2.24) is 10.3 Å². The number of amides is 1. The average Bonchev–Trinajstić information content (AvgIpc) is 3.23. The van der Waals surface area contributed by atoms with Crippen molar-refractivity contribution in [1.29, 1.82) is 0 Å². The Morgan fingerprint density at radius 2 is 2.07 bits per heavy atom. The van der Waals surface area contributed by atoms with Gasteiger partial charge in [0.05, 0.1) is 24.1 Å². The van der Waals surface area contributed by atoms with Crippen molar-refractivity contribution < 1.29 is 9.53 Å². The summed E-state index contributed by atoms with van der Waals surface area (Å²) in [5.41, 5.74) is 3.17. The van der Waals surface area contributed by atoms with E-state index in [9.17, 15) is 4.79 Å². The smallest absolute Gasteiger partial charge is 0.233 e. The number of para-hydroxylation sites is 1. The molecular weight excluding hydrogens is 372 g/mol. The summed E-state index contributed by atoms with van der Waals surface area (Å²) in [7, 11) is 1.64. The van der Waals surface area contributed by atoms with Crippen LogP contribution in [0.15, 0.2) is 58.6 Å². The van der Waals surface area contributed by atoms with Crippen molar-refractivity contribution in [3.8, 4) is 5.75 Å². The molecule has 7 heteroatoms. The predicted octanol–water partition coefficient (Wildman–Crippen LogP) is 3.87. The van der Waals surface area contributed by atoms with Gasteiger partial charge in [0.25, 0.3) is 0 Å². The van der Waals surface area contributed by atoms with E-state index in [4.69, 9.17) is 9.73 Å². The monoisotopic (exact) mass is 394 g/mol. The predicted molar refractivity (Wildman–Crippen MR) is 113 cm³/mol. The summed E-state index contributed by atoms with van der Waals surface area (Å²) in [6.45, 7) is 2.37. The molecular formula is C21H22N4O2S. The van der Waals surface area contributed by atoms with E-state index in [1.165, 1.54) is 17.3 Å². The van der Waals surface area contributed by atoms with Crippen LogP contribution in [0.5, 0.6) is 5.75 Å². The van der Waals surface area contributed by atoms with Crippen LogP contribution >= 0.6 is 11.8 Å². The summed E-state index contributed by atoms with van der Waals surface area (Å²) in [6.07, 6.45) is 2.77. The van der Waals surface area contributed by atoms with Gasteiger partial charge in [0, 0.05) is 24.7 Å². The summed E-state index contributed by atoms with van der Waals surface area (Å²) in [4.78, 5) is 17.3. The number of methoxy groups -OCH3 is 1. The number of hydrazone groups is 1. The summed E-state index contributed by atoms with van der Waals surface area (Å²) < 4.78 is 5.16. The molecule has 0 saturated heterocycles. The molecule has 2 aromatic carbocycles. The molecule has 2 heterocycles. The fourth-order valence-electron chi connectivity index (χ4n) is 3.25. The van der Waals surface area contributed by atoms with Gasteiger partial charge in [-0.3, -0.25) is 4.79 Å². The lowest BCUT2D eigenvalue weighted by molar-refractivity contribution is -0.120. The molecule has 0 unspecified atom stereocenters. The second-order valence-corrected chi connectivity index (χ2v) is 7.98. The van der Waals surface area contributed by atoms with Gasteiger partial charge in [-0.2, -0.15) is 5.10 Å². The van der Waals surface area contributed by atoms with Crippen LogP contribution in [-0.2, 0) is 11.3 Å². The molecule has 2 aromatic rings. The number of carbonyl (C=O) groups excluding carboxylic acids is 1. The zero-order valence-corrected chi connectivity index (χ0v) is 16.6. The average molecular weight is 395 g/mol. The second-order valence-electron chi connectivity index (χ2n) is 6.67. The first-order chi connectivity index (χ1) is 13.7. The van der Waals surface area contributed by atoms with E-state index in [0.717, 1.165) is 28.6 Å². The van der Waals surface area contributed by atoms with Crippen LogP contribution in [-0.4, -0.2) is 34.7 Å². The highest BCUT2D eigenvalue weighted by Gasteiger charge is 2.34. The van der Waals surface area contributed by atoms with Crippen LogP contribution in [0.25, 0.3) is 0 Å². The molecule has 0 bridgehead atoms. The number of benzene rings is 2. The Morgan fingerprint density at radius 3 is 2.86 bits per heavy atom. The fourth-order valence-corrected chi connectivity index (χ4v) is 4.19. The van der Waals surface area contributed by atoms with Gasteiger partial charge in [-0.25, -0.2) is 10.0 Å². The number of hydrogen-bond donors (Lipinski definition) is 1. The van der Waals surface area contributed by atoms with Crippen molar-refractivity contribution in [3.63, 3.8) is 0 Å². The fraction of sp³-hybridized carbons (Fsp3) is 0.286. The number of fused-ring (bicyclic) bond motifs is 3. The molecule has 0 saturated carbocycles. The Morgan fingerprint density at radius 1 is 1.29 bits per heavy atom. The molecule has 0 aliphatic carbocycles. The van der Waals surface area contributed by atoms with E-state index in [-0.39, 0.29) is 17.2 Å². The molecule has 4 rings (SSSR count). The van der Waals surface area contributed by atoms with Crippen molar-refractivity contribution in [2.24, 2.45) is 10.1 Å². The van der Waals surface area contributed by atoms with Crippen molar-refractivity contribution in [2.75, 3.05) is 7.11 Å². The summed E-state index contributed by atoms with van der Waals surface area (Å²) in [5.74, 6) is 0.775. The third-order valence-corrected chi connectivity index (χ3v) is 5.87. The summed E-state index contributed by atoms with van der Waals surface area (Å²) >= 11 is 1.44. The summed E-state index contributed by atoms with van der Waals surface area (Å²) in [5, 5.41) is 9.89. The molecule has 0 spiro atoms. The lowest BCUT2D eigenvalue weighted by Gasteiger charge is -2.30. The van der Waals surface area contributed by atoms with Crippen LogP contribution in [0.4, 0.5) is 5.69 Å². The molecule has 144 valence electrons. The molecule has 0 aromatic heterocycles. The molecule has 2 atom stereocenters. The van der Waals surface area contributed by atoms with E-state index >= 15 is 0 Å². The molecule has 0 radical (unpaired) electrons. The van der Waals surface area contributed by atoms with Gasteiger partial charge in [-0.05, 0) is 30.7 Å². The molecule has 28 heavy (non-hydrogen) atoms. The Kier molecular flexibility index (Phi) is 5.34. The minimum absolute atomic E-state index is 0.0258. The number of hydrogen-bond acceptors (Lipinski definition) is 6. The first kappa shape index (κ1) is 18.6. The van der Waals surface area contributed by atoms with Gasteiger partial charge in [-0.15, -0.1) is 0 Å². The standard InChI is InChI=1S/C21H22N4O2S/c1-14(20(26)22-13-15-7-9-16(27-2)10-8-15)28-21-24-18-6-4-3-5-17(18)19-11-12-23-25(19)21/h3-10,12,14,19H,11,13H2,1-2H3,(H,22,26)/t14-,19-/m1/s1. The number of amidine groups is 1. The number of thioether (sulfide) groups is 1. The van der Waals surface area contributed by atoms with Crippen molar-refractivity contribution >= 4 is 34.7 Å². The highest BCUT2D eigenvalue weighted by atomic mass is 32.2. The zero-order chi connectivity index (χ0) is 19.5. The van der Waals surface area contributed by atoms with Crippen LogP contribution in [0.3, 0.4) is 0 Å². The topological polar surface area (TPSA) is 66.3 Å². The van der Waals surface area contributed by atoms with E-state index in [1.807, 2.05) is 60.6 Å². The third-order valence-electron chi connectivity index (χ3n) is 4.81. The molecule has 0 fully saturated rings. The van der Waals surface area contributed by atoms with Gasteiger partial charge >= 0.3 is 0 Å². The Balaban J connectivity index is 1.41. The number of aliphatic imine (C=N–C) groups is 1. The number of rotatable bonds is 5. The normalized spacial score (nSPS) is 18.1. The Bertz CT molecular complexity index is 926. The maximum atomic E-state index is 12.6. The zero-order valence-electron chi connectivity index (χ0n) is 15.8. The maximum absolute atomic E-state index is 12.6. The number of nitrogens with zero attached hydrogens (tertiary/aromatic N) is 3. The molecule has 1 N–H and O–H groups in total. The lowest BCUT2D eigenvalue weighted by atomic mass is 10.0. The highest BCUT2D eigenvalue weighted by Crippen LogP contribution is 2.41. The van der Waals surface area contributed by atoms with E-state index < -0.39 is 0 Å². The van der Waals surface area contributed by atoms with Crippen LogP contribution in [0.1, 0.15) is 30.5 Å². The van der Waals surface area contributed by atoms with Gasteiger partial charge < -0.3 is 10.1 Å². The van der Waals surface area contributed by atoms with E-state index in [2.05, 4.69) is 16.5 Å². The van der Waals surface area contributed by atoms with Gasteiger partial charge in [0.15, 0.2) is 5.17 Å². The highest BCUT2D eigenvalue weighted by molar-refractivity contribution is 8.14. The van der Waals surface area contributed by atoms with Gasteiger partial charge in [0.2, 0.25) is 5.91 Å². The largest absolute Gasteiger partial charge is 0.497 e. The lowest BCUT2D eigenvalue weighted by Crippen LogP contribution is -2.34. The number of ether oxygens (including phenoxy) is 1. The van der Waals surface area contributed by atoms with E-state index in [1.54, 1.807) is 7.11 Å². The minimum Gasteiger partial charge on any atom is -0.497 e. The van der Waals surface area contributed by atoms with Crippen LogP contribution < -0.4 is 10.1 Å². The van der Waals surface area contributed by atoms with Gasteiger partial charge in [-0.1, -0.05) is 42.1 Å². The van der Waals surface area contributed by atoms with Crippen molar-refractivity contribution in [3.05, 3.63) is 59.7 Å². The van der Waals surface area contributed by atoms with Crippen molar-refractivity contribution in [2.45, 2.75) is 31.2 Å².